The molecule has 0 spiro atoms. The number of aromatic nitrogens is 1. The molecule has 0 aliphatic carbocycles. The monoisotopic (exact) mass is 519 g/mol. The molecule has 8 nitrogen and oxygen atoms in total. The highest BCUT2D eigenvalue weighted by Gasteiger charge is 2.32. The summed E-state index contributed by atoms with van der Waals surface area (Å²) >= 11 is 1.70. The number of methoxy groups -OCH3 is 2. The van der Waals surface area contributed by atoms with Crippen molar-refractivity contribution in [3.05, 3.63) is 71.4 Å². The molecule has 1 unspecified atom stereocenters. The molecular weight excluding hydrogens is 486 g/mol. The van der Waals surface area contributed by atoms with E-state index in [0.717, 1.165) is 54.7 Å². The van der Waals surface area contributed by atoms with Crippen LogP contribution in [-0.4, -0.2) is 75.2 Å². The number of piperazine rings is 1. The van der Waals surface area contributed by atoms with Crippen molar-refractivity contribution in [1.82, 2.24) is 14.8 Å². The quantitative estimate of drug-likeness (QED) is 0.495. The summed E-state index contributed by atoms with van der Waals surface area (Å²) in [4.78, 5) is 25.1. The van der Waals surface area contributed by atoms with Crippen molar-refractivity contribution in [2.45, 2.75) is 16.9 Å². The van der Waals surface area contributed by atoms with Crippen LogP contribution in [0.1, 0.15) is 26.9 Å². The van der Waals surface area contributed by atoms with E-state index < -0.39 is 0 Å². The maximum Gasteiger partial charge on any atom is 0.255 e. The highest BCUT2D eigenvalue weighted by atomic mass is 32.2. The van der Waals surface area contributed by atoms with Crippen molar-refractivity contribution in [2.24, 2.45) is 0 Å². The van der Waals surface area contributed by atoms with E-state index in [4.69, 9.17) is 14.5 Å². The van der Waals surface area contributed by atoms with Gasteiger partial charge in [0.25, 0.3) is 5.91 Å². The topological polar surface area (TPSA) is 70.2 Å². The molecular formula is C28H33N5O3S. The maximum absolute atomic E-state index is 13.2. The standard InChI is InChI=1S/C28H33N5O3S/c1-31-9-11-33(12-10-31)18-19-13-25-27(29-17-19)37-28(32(25)2)23-7-5-6-8-24(23)30-26(34)20-14-21(35-3)16-22(15-20)36-4/h5-8,13-17,28H,9-12,18H2,1-4H3,(H,30,34). The highest BCUT2D eigenvalue weighted by Crippen LogP contribution is 2.51. The van der Waals surface area contributed by atoms with Crippen LogP contribution in [0.3, 0.4) is 0 Å². The van der Waals surface area contributed by atoms with Crippen molar-refractivity contribution in [1.29, 1.82) is 0 Å². The van der Waals surface area contributed by atoms with Gasteiger partial charge in [-0.3, -0.25) is 9.69 Å². The first kappa shape index (κ1) is 25.4. The number of hydrogen-bond acceptors (Lipinski definition) is 8. The molecule has 0 saturated carbocycles. The first-order valence-electron chi connectivity index (χ1n) is 12.4. The van der Waals surface area contributed by atoms with Crippen LogP contribution in [0.2, 0.25) is 0 Å². The van der Waals surface area contributed by atoms with Gasteiger partial charge < -0.3 is 24.6 Å². The number of pyridine rings is 1. The molecule has 3 aromatic rings. The summed E-state index contributed by atoms with van der Waals surface area (Å²) in [5, 5.41) is 4.11. The number of rotatable bonds is 7. The van der Waals surface area contributed by atoms with Gasteiger partial charge in [-0.05, 0) is 36.9 Å². The Morgan fingerprint density at radius 3 is 2.43 bits per heavy atom. The number of hydrogen-bond donors (Lipinski definition) is 1. The molecule has 3 heterocycles. The number of fused-ring (bicyclic) bond motifs is 1. The van der Waals surface area contributed by atoms with Gasteiger partial charge in [0, 0.05) is 68.8 Å². The Morgan fingerprint density at radius 1 is 1.03 bits per heavy atom. The van der Waals surface area contributed by atoms with Crippen molar-refractivity contribution in [3.8, 4) is 11.5 Å². The van der Waals surface area contributed by atoms with Gasteiger partial charge in [-0.25, -0.2) is 4.98 Å². The molecule has 1 saturated heterocycles. The largest absolute Gasteiger partial charge is 0.497 e. The van der Waals surface area contributed by atoms with E-state index in [2.05, 4.69) is 46.2 Å². The molecule has 5 rings (SSSR count). The third-order valence-electron chi connectivity index (χ3n) is 6.93. The molecule has 37 heavy (non-hydrogen) atoms. The van der Waals surface area contributed by atoms with Gasteiger partial charge in [-0.2, -0.15) is 0 Å². The van der Waals surface area contributed by atoms with Crippen LogP contribution >= 0.6 is 11.8 Å². The van der Waals surface area contributed by atoms with Gasteiger partial charge in [0.2, 0.25) is 0 Å². The lowest BCUT2D eigenvalue weighted by atomic mass is 10.1. The van der Waals surface area contributed by atoms with E-state index in [-0.39, 0.29) is 11.3 Å². The van der Waals surface area contributed by atoms with Crippen molar-refractivity contribution < 1.29 is 14.3 Å². The summed E-state index contributed by atoms with van der Waals surface area (Å²) < 4.78 is 10.7. The first-order valence-corrected chi connectivity index (χ1v) is 13.3. The van der Waals surface area contributed by atoms with E-state index in [1.165, 1.54) is 5.56 Å². The number of anilines is 2. The lowest BCUT2D eigenvalue weighted by molar-refractivity contribution is 0.102. The van der Waals surface area contributed by atoms with Crippen LogP contribution in [0.4, 0.5) is 11.4 Å². The van der Waals surface area contributed by atoms with Gasteiger partial charge in [0.1, 0.15) is 21.9 Å². The summed E-state index contributed by atoms with van der Waals surface area (Å²) in [6, 6.07) is 15.4. The van der Waals surface area contributed by atoms with Crippen molar-refractivity contribution in [2.75, 3.05) is 64.7 Å². The smallest absolute Gasteiger partial charge is 0.255 e. The zero-order valence-corrected chi connectivity index (χ0v) is 22.5. The van der Waals surface area contributed by atoms with Crippen LogP contribution in [0.5, 0.6) is 11.5 Å². The number of likely N-dealkylation sites (N-methyl/N-ethyl adjacent to an activating group) is 1. The Hall–Kier alpha value is -3.27. The van der Waals surface area contributed by atoms with Gasteiger partial charge in [-0.15, -0.1) is 0 Å². The Morgan fingerprint density at radius 2 is 1.73 bits per heavy atom. The Bertz CT molecular complexity index is 1260. The number of benzene rings is 2. The summed E-state index contributed by atoms with van der Waals surface area (Å²) in [5.74, 6) is 0.913. The lowest BCUT2D eigenvalue weighted by Gasteiger charge is -2.32. The third kappa shape index (κ3) is 5.53. The second-order valence-corrected chi connectivity index (χ2v) is 10.5. The molecule has 0 bridgehead atoms. The molecule has 194 valence electrons. The van der Waals surface area contributed by atoms with Gasteiger partial charge >= 0.3 is 0 Å². The van der Waals surface area contributed by atoms with E-state index >= 15 is 0 Å². The summed E-state index contributed by atoms with van der Waals surface area (Å²) in [5.41, 5.74) is 4.61. The highest BCUT2D eigenvalue weighted by molar-refractivity contribution is 8.00. The van der Waals surface area contributed by atoms with Gasteiger partial charge in [0.05, 0.1) is 19.9 Å². The molecule has 0 radical (unpaired) electrons. The molecule has 2 aromatic carbocycles. The fourth-order valence-electron chi connectivity index (χ4n) is 4.72. The molecule has 2 aliphatic heterocycles. The molecule has 1 fully saturated rings. The number of para-hydroxylation sites is 1. The molecule has 1 atom stereocenters. The summed E-state index contributed by atoms with van der Waals surface area (Å²) in [6.45, 7) is 5.26. The summed E-state index contributed by atoms with van der Waals surface area (Å²) in [7, 11) is 7.41. The fraction of sp³-hybridized carbons (Fsp3) is 0.357. The zero-order chi connectivity index (χ0) is 25.9. The predicted octanol–water partition coefficient (Wildman–Crippen LogP) is 4.34. The summed E-state index contributed by atoms with van der Waals surface area (Å²) in [6.07, 6.45) is 2.00. The number of nitrogens with one attached hydrogen (secondary N) is 1. The Balaban J connectivity index is 1.34. The Labute approximate surface area is 222 Å². The second kappa shape index (κ2) is 11.0. The minimum Gasteiger partial charge on any atom is -0.497 e. The van der Waals surface area contributed by atoms with Crippen molar-refractivity contribution in [3.63, 3.8) is 0 Å². The van der Waals surface area contributed by atoms with Crippen LogP contribution in [-0.2, 0) is 6.54 Å². The zero-order valence-electron chi connectivity index (χ0n) is 21.7. The van der Waals surface area contributed by atoms with Crippen LogP contribution < -0.4 is 19.7 Å². The number of carbonyl (C=O) groups is 1. The molecule has 1 amide bonds. The van der Waals surface area contributed by atoms with E-state index in [0.29, 0.717) is 17.1 Å². The normalized spacial score (nSPS) is 17.9. The minimum atomic E-state index is -0.222. The van der Waals surface area contributed by atoms with Crippen LogP contribution in [0.25, 0.3) is 0 Å². The second-order valence-electron chi connectivity index (χ2n) is 9.47. The third-order valence-corrected chi connectivity index (χ3v) is 8.27. The average Bonchev–Trinajstić information content (AvgIpc) is 3.25. The van der Waals surface area contributed by atoms with E-state index in [9.17, 15) is 4.79 Å². The SMILES string of the molecule is COc1cc(OC)cc(C(=O)Nc2ccccc2C2Sc3ncc(CN4CCN(C)CC4)cc3N2C)c1. The molecule has 2 aliphatic rings. The molecule has 1 aromatic heterocycles. The predicted molar refractivity (Wildman–Crippen MR) is 148 cm³/mol. The number of thioether (sulfide) groups is 1. The lowest BCUT2D eigenvalue weighted by Crippen LogP contribution is -2.43. The average molecular weight is 520 g/mol. The molecule has 1 N–H and O–H groups in total. The van der Waals surface area contributed by atoms with Crippen LogP contribution in [0, 0.1) is 0 Å². The van der Waals surface area contributed by atoms with Gasteiger partial charge in [0.15, 0.2) is 0 Å². The van der Waals surface area contributed by atoms with Gasteiger partial charge in [-0.1, -0.05) is 30.0 Å². The maximum atomic E-state index is 13.2. The number of carbonyl (C=O) groups excluding carboxylic acids is 1. The fourth-order valence-corrected chi connectivity index (χ4v) is 5.97. The number of nitrogens with zero attached hydrogens (tertiary/aromatic N) is 4. The number of amides is 1. The van der Waals surface area contributed by atoms with Crippen molar-refractivity contribution >= 4 is 29.0 Å². The van der Waals surface area contributed by atoms with Crippen LogP contribution in [0.15, 0.2) is 59.8 Å². The number of ether oxygens (including phenoxy) is 2. The van der Waals surface area contributed by atoms with E-state index in [1.54, 1.807) is 44.2 Å². The minimum absolute atomic E-state index is 0.00210. The molecule has 9 heteroatoms. The Kier molecular flexibility index (Phi) is 7.55. The first-order chi connectivity index (χ1) is 17.9. The van der Waals surface area contributed by atoms with E-state index in [1.807, 2.05) is 24.4 Å².